The molecule has 6 heteroatoms. The van der Waals surface area contributed by atoms with Gasteiger partial charge in [0.2, 0.25) is 0 Å². The molecule has 2 fully saturated rings. The summed E-state index contributed by atoms with van der Waals surface area (Å²) in [5.74, 6) is 1.40. The highest BCUT2D eigenvalue weighted by molar-refractivity contribution is 5.82. The molecule has 0 aliphatic heterocycles. The zero-order valence-electron chi connectivity index (χ0n) is 17.5. The van der Waals surface area contributed by atoms with Crippen LogP contribution in [-0.4, -0.2) is 18.4 Å². The summed E-state index contributed by atoms with van der Waals surface area (Å²) in [7, 11) is 0. The monoisotopic (exact) mass is 424 g/mol. The molecule has 0 N–H and O–H groups in total. The van der Waals surface area contributed by atoms with E-state index in [0.717, 1.165) is 63.4 Å². The van der Waals surface area contributed by atoms with Crippen LogP contribution in [0.4, 0.5) is 13.2 Å². The van der Waals surface area contributed by atoms with Crippen LogP contribution in [0.25, 0.3) is 0 Å². The minimum Gasteiger partial charge on any atom is -0.459 e. The molecular formula is C24H31F3O3. The fourth-order valence-corrected chi connectivity index (χ4v) is 4.96. The molecule has 3 rings (SSSR count). The molecule has 2 aliphatic rings. The van der Waals surface area contributed by atoms with E-state index in [1.165, 1.54) is 18.2 Å². The third-order valence-electron chi connectivity index (χ3n) is 6.51. The SMILES string of the molecule is CCC=CC(=O)OC1CCC(C2CCC(c3ccc(OC(F)(F)F)cc3)CC2)CC1. The quantitative estimate of drug-likeness (QED) is 0.367. The highest BCUT2D eigenvalue weighted by Gasteiger charge is 2.33. The molecule has 0 radical (unpaired) electrons. The molecule has 0 heterocycles. The van der Waals surface area contributed by atoms with Crippen molar-refractivity contribution < 1.29 is 27.4 Å². The molecule has 3 nitrogen and oxygen atoms in total. The number of carbonyl (C=O) groups is 1. The van der Waals surface area contributed by atoms with Crippen LogP contribution in [0.2, 0.25) is 0 Å². The van der Waals surface area contributed by atoms with E-state index < -0.39 is 6.36 Å². The predicted octanol–water partition coefficient (Wildman–Crippen LogP) is 6.93. The van der Waals surface area contributed by atoms with Crippen LogP contribution in [0.5, 0.6) is 5.75 Å². The lowest BCUT2D eigenvalue weighted by atomic mass is 9.69. The van der Waals surface area contributed by atoms with Gasteiger partial charge in [-0.2, -0.15) is 0 Å². The number of hydrogen-bond donors (Lipinski definition) is 0. The number of ether oxygens (including phenoxy) is 2. The van der Waals surface area contributed by atoms with Gasteiger partial charge in [-0.05, 0) is 93.2 Å². The molecule has 1 aromatic rings. The summed E-state index contributed by atoms with van der Waals surface area (Å²) in [6.07, 6.45) is 8.11. The molecule has 0 spiro atoms. The van der Waals surface area contributed by atoms with Gasteiger partial charge in [-0.15, -0.1) is 13.2 Å². The normalized spacial score (nSPS) is 27.7. The van der Waals surface area contributed by atoms with Crippen molar-refractivity contribution in [1.82, 2.24) is 0 Å². The number of allylic oxidation sites excluding steroid dienone is 1. The fraction of sp³-hybridized carbons (Fsp3) is 0.625. The van der Waals surface area contributed by atoms with Crippen molar-refractivity contribution in [3.8, 4) is 5.75 Å². The molecular weight excluding hydrogens is 393 g/mol. The lowest BCUT2D eigenvalue weighted by Gasteiger charge is -2.37. The molecule has 30 heavy (non-hydrogen) atoms. The van der Waals surface area contributed by atoms with Crippen LogP contribution in [0.15, 0.2) is 36.4 Å². The highest BCUT2D eigenvalue weighted by Crippen LogP contribution is 2.43. The Labute approximate surface area is 176 Å². The molecule has 1 aromatic carbocycles. The Hall–Kier alpha value is -1.98. The van der Waals surface area contributed by atoms with Gasteiger partial charge in [-0.1, -0.05) is 25.1 Å². The number of carbonyl (C=O) groups excluding carboxylic acids is 1. The largest absolute Gasteiger partial charge is 0.573 e. The summed E-state index contributed by atoms with van der Waals surface area (Å²) in [6, 6.07) is 6.34. The van der Waals surface area contributed by atoms with Crippen molar-refractivity contribution in [3.05, 3.63) is 42.0 Å². The molecule has 0 aromatic heterocycles. The molecule has 2 aliphatic carbocycles. The molecule has 166 valence electrons. The lowest BCUT2D eigenvalue weighted by Crippen LogP contribution is -2.29. The number of esters is 1. The maximum absolute atomic E-state index is 12.3. The first-order chi connectivity index (χ1) is 14.3. The maximum Gasteiger partial charge on any atom is 0.573 e. The van der Waals surface area contributed by atoms with Crippen molar-refractivity contribution in [2.24, 2.45) is 11.8 Å². The van der Waals surface area contributed by atoms with Crippen LogP contribution < -0.4 is 4.74 Å². The van der Waals surface area contributed by atoms with Crippen molar-refractivity contribution in [1.29, 1.82) is 0 Å². The second kappa shape index (κ2) is 10.4. The predicted molar refractivity (Wildman–Crippen MR) is 109 cm³/mol. The topological polar surface area (TPSA) is 35.5 Å². The van der Waals surface area contributed by atoms with Gasteiger partial charge in [0.25, 0.3) is 0 Å². The van der Waals surface area contributed by atoms with Crippen molar-refractivity contribution >= 4 is 5.97 Å². The van der Waals surface area contributed by atoms with Gasteiger partial charge in [0, 0.05) is 6.08 Å². The van der Waals surface area contributed by atoms with Crippen molar-refractivity contribution in [2.75, 3.05) is 0 Å². The molecule has 0 bridgehead atoms. The minimum absolute atomic E-state index is 0.0454. The van der Waals surface area contributed by atoms with Crippen molar-refractivity contribution in [3.63, 3.8) is 0 Å². The number of halogens is 3. The van der Waals surface area contributed by atoms with Gasteiger partial charge in [0.15, 0.2) is 0 Å². The van der Waals surface area contributed by atoms with E-state index in [9.17, 15) is 18.0 Å². The van der Waals surface area contributed by atoms with Crippen LogP contribution >= 0.6 is 0 Å². The Morgan fingerprint density at radius 3 is 2.07 bits per heavy atom. The number of alkyl halides is 3. The minimum atomic E-state index is -4.65. The van der Waals surface area contributed by atoms with E-state index in [-0.39, 0.29) is 17.8 Å². The lowest BCUT2D eigenvalue weighted by molar-refractivity contribution is -0.274. The third-order valence-corrected chi connectivity index (χ3v) is 6.51. The standard InChI is InChI=1S/C24H31F3O3/c1-2-3-4-23(28)29-21-13-9-19(10-14-21)17-5-7-18(8-6-17)20-11-15-22(16-12-20)30-24(25,26)27/h3-4,11-12,15-19,21H,2,5-10,13-14H2,1H3. The molecule has 0 unspecified atom stereocenters. The van der Waals surface area contributed by atoms with E-state index in [2.05, 4.69) is 4.74 Å². The Bertz CT molecular complexity index is 695. The summed E-state index contributed by atoms with van der Waals surface area (Å²) in [4.78, 5) is 11.7. The second-order valence-electron chi connectivity index (χ2n) is 8.51. The summed E-state index contributed by atoms with van der Waals surface area (Å²) in [5, 5.41) is 0. The zero-order chi connectivity index (χ0) is 21.6. The third kappa shape index (κ3) is 6.78. The number of hydrogen-bond acceptors (Lipinski definition) is 3. The number of rotatable bonds is 6. The van der Waals surface area contributed by atoms with E-state index >= 15 is 0 Å². The van der Waals surface area contributed by atoms with E-state index in [0.29, 0.717) is 17.8 Å². The van der Waals surface area contributed by atoms with E-state index in [4.69, 9.17) is 4.74 Å². The second-order valence-corrected chi connectivity index (χ2v) is 8.51. The molecule has 0 amide bonds. The Kier molecular flexibility index (Phi) is 7.84. The average Bonchev–Trinajstić information content (AvgIpc) is 2.72. The van der Waals surface area contributed by atoms with E-state index in [1.54, 1.807) is 12.1 Å². The van der Waals surface area contributed by atoms with Gasteiger partial charge in [-0.3, -0.25) is 0 Å². The first kappa shape index (κ1) is 22.7. The first-order valence-electron chi connectivity index (χ1n) is 11.1. The molecule has 0 saturated heterocycles. The summed E-state index contributed by atoms with van der Waals surface area (Å²) < 4.78 is 46.4. The van der Waals surface area contributed by atoms with Crippen molar-refractivity contribution in [2.45, 2.75) is 83.1 Å². The molecule has 2 saturated carbocycles. The van der Waals surface area contributed by atoms with Gasteiger partial charge in [0.05, 0.1) is 0 Å². The van der Waals surface area contributed by atoms with Gasteiger partial charge < -0.3 is 9.47 Å². The summed E-state index contributed by atoms with van der Waals surface area (Å²) >= 11 is 0. The van der Waals surface area contributed by atoms with Gasteiger partial charge in [0.1, 0.15) is 11.9 Å². The Morgan fingerprint density at radius 2 is 1.53 bits per heavy atom. The maximum atomic E-state index is 12.3. The van der Waals surface area contributed by atoms with Crippen LogP contribution in [0, 0.1) is 11.8 Å². The summed E-state index contributed by atoms with van der Waals surface area (Å²) in [5.41, 5.74) is 1.10. The smallest absolute Gasteiger partial charge is 0.459 e. The van der Waals surface area contributed by atoms with Crippen LogP contribution in [0.1, 0.15) is 76.2 Å². The Balaban J connectivity index is 1.42. The van der Waals surface area contributed by atoms with Crippen LogP contribution in [0.3, 0.4) is 0 Å². The first-order valence-corrected chi connectivity index (χ1v) is 11.1. The number of benzene rings is 1. The molecule has 0 atom stereocenters. The highest BCUT2D eigenvalue weighted by atomic mass is 19.4. The Morgan fingerprint density at radius 1 is 0.967 bits per heavy atom. The zero-order valence-corrected chi connectivity index (χ0v) is 17.5. The van der Waals surface area contributed by atoms with Gasteiger partial charge in [-0.25, -0.2) is 4.79 Å². The van der Waals surface area contributed by atoms with Crippen LogP contribution in [-0.2, 0) is 9.53 Å². The summed E-state index contributed by atoms with van der Waals surface area (Å²) in [6.45, 7) is 1.99. The average molecular weight is 425 g/mol. The van der Waals surface area contributed by atoms with Gasteiger partial charge >= 0.3 is 12.3 Å². The fourth-order valence-electron chi connectivity index (χ4n) is 4.96. The van der Waals surface area contributed by atoms with E-state index in [1.807, 2.05) is 13.0 Å².